The van der Waals surface area contributed by atoms with E-state index < -0.39 is 15.6 Å². The molecule has 1 aliphatic heterocycles. The van der Waals surface area contributed by atoms with Gasteiger partial charge >= 0.3 is 0 Å². The molecule has 0 aromatic heterocycles. The van der Waals surface area contributed by atoms with Gasteiger partial charge in [0.2, 0.25) is 10.0 Å². The average molecular weight is 265 g/mol. The van der Waals surface area contributed by atoms with Crippen LogP contribution in [-0.2, 0) is 14.8 Å². The standard InChI is InChI=1S/C11H23NO4S/c1-3-6-11(2,13)9-12-17(14,15)10-4-7-16-8-5-10/h10,12-13H,3-9H2,1-2H3. The summed E-state index contributed by atoms with van der Waals surface area (Å²) < 4.78 is 31.6. The Hall–Kier alpha value is -0.170. The van der Waals surface area contributed by atoms with E-state index in [2.05, 4.69) is 4.72 Å². The molecule has 1 rings (SSSR count). The van der Waals surface area contributed by atoms with Crippen LogP contribution in [0.15, 0.2) is 0 Å². The maximum atomic E-state index is 12.0. The van der Waals surface area contributed by atoms with E-state index in [0.717, 1.165) is 6.42 Å². The van der Waals surface area contributed by atoms with Crippen molar-refractivity contribution in [2.75, 3.05) is 19.8 Å². The Labute approximate surface area is 104 Å². The van der Waals surface area contributed by atoms with E-state index in [-0.39, 0.29) is 11.8 Å². The highest BCUT2D eigenvalue weighted by molar-refractivity contribution is 7.90. The van der Waals surface area contributed by atoms with Crippen LogP contribution in [-0.4, -0.2) is 44.1 Å². The second-order valence-electron chi connectivity index (χ2n) is 4.92. The average Bonchev–Trinajstić information content (AvgIpc) is 2.28. The molecule has 0 bridgehead atoms. The second kappa shape index (κ2) is 6.13. The topological polar surface area (TPSA) is 75.6 Å². The third-order valence-corrected chi connectivity index (χ3v) is 4.95. The predicted molar refractivity (Wildman–Crippen MR) is 66.3 cm³/mol. The Morgan fingerprint density at radius 3 is 2.53 bits per heavy atom. The zero-order chi connectivity index (χ0) is 12.9. The normalized spacial score (nSPS) is 22.3. The van der Waals surface area contributed by atoms with Crippen LogP contribution >= 0.6 is 0 Å². The summed E-state index contributed by atoms with van der Waals surface area (Å²) in [6, 6.07) is 0. The molecule has 0 aliphatic carbocycles. The largest absolute Gasteiger partial charge is 0.389 e. The van der Waals surface area contributed by atoms with Crippen molar-refractivity contribution < 1.29 is 18.3 Å². The summed E-state index contributed by atoms with van der Waals surface area (Å²) in [6.45, 7) is 4.69. The van der Waals surface area contributed by atoms with Gasteiger partial charge in [0.1, 0.15) is 0 Å². The molecule has 1 saturated heterocycles. The minimum atomic E-state index is -3.32. The molecule has 0 saturated carbocycles. The number of rotatable bonds is 6. The van der Waals surface area contributed by atoms with Gasteiger partial charge < -0.3 is 9.84 Å². The number of hydrogen-bond acceptors (Lipinski definition) is 4. The second-order valence-corrected chi connectivity index (χ2v) is 6.97. The lowest BCUT2D eigenvalue weighted by Crippen LogP contribution is -2.45. The van der Waals surface area contributed by atoms with Gasteiger partial charge in [0.05, 0.1) is 10.9 Å². The molecule has 5 nitrogen and oxygen atoms in total. The lowest BCUT2D eigenvalue weighted by Gasteiger charge is -2.26. The summed E-state index contributed by atoms with van der Waals surface area (Å²) in [6.07, 6.45) is 2.48. The zero-order valence-corrected chi connectivity index (χ0v) is 11.4. The summed E-state index contributed by atoms with van der Waals surface area (Å²) in [5.74, 6) is 0. The van der Waals surface area contributed by atoms with Crippen molar-refractivity contribution in [2.45, 2.75) is 50.4 Å². The molecule has 1 aliphatic rings. The fraction of sp³-hybridized carbons (Fsp3) is 1.00. The summed E-state index contributed by atoms with van der Waals surface area (Å²) >= 11 is 0. The van der Waals surface area contributed by atoms with Crippen LogP contribution in [0.25, 0.3) is 0 Å². The molecule has 1 unspecified atom stereocenters. The molecule has 2 N–H and O–H groups in total. The molecule has 0 radical (unpaired) electrons. The van der Waals surface area contributed by atoms with Gasteiger partial charge in [0.15, 0.2) is 0 Å². The highest BCUT2D eigenvalue weighted by atomic mass is 32.2. The number of aliphatic hydroxyl groups is 1. The van der Waals surface area contributed by atoms with Gasteiger partial charge in [-0.15, -0.1) is 0 Å². The first-order valence-corrected chi connectivity index (χ1v) is 7.70. The Balaban J connectivity index is 2.49. The molecule has 102 valence electrons. The molecule has 0 spiro atoms. The smallest absolute Gasteiger partial charge is 0.214 e. The van der Waals surface area contributed by atoms with E-state index in [1.165, 1.54) is 0 Å². The van der Waals surface area contributed by atoms with E-state index in [4.69, 9.17) is 4.74 Å². The first-order valence-electron chi connectivity index (χ1n) is 6.16. The lowest BCUT2D eigenvalue weighted by atomic mass is 10.0. The molecular formula is C11H23NO4S. The van der Waals surface area contributed by atoms with Crippen molar-refractivity contribution in [3.63, 3.8) is 0 Å². The molecule has 1 fully saturated rings. The Morgan fingerprint density at radius 2 is 2.00 bits per heavy atom. The van der Waals surface area contributed by atoms with Crippen LogP contribution in [0, 0.1) is 0 Å². The summed E-state index contributed by atoms with van der Waals surface area (Å²) in [4.78, 5) is 0. The molecule has 17 heavy (non-hydrogen) atoms. The first kappa shape index (κ1) is 14.9. The first-order chi connectivity index (χ1) is 7.87. The van der Waals surface area contributed by atoms with Gasteiger partial charge in [0, 0.05) is 19.8 Å². The minimum Gasteiger partial charge on any atom is -0.389 e. The van der Waals surface area contributed by atoms with Crippen molar-refractivity contribution >= 4 is 10.0 Å². The SMILES string of the molecule is CCCC(C)(O)CNS(=O)(=O)C1CCOCC1. The highest BCUT2D eigenvalue weighted by Gasteiger charge is 2.29. The third kappa shape index (κ3) is 4.91. The van der Waals surface area contributed by atoms with Crippen LogP contribution in [0.3, 0.4) is 0 Å². The van der Waals surface area contributed by atoms with Crippen LogP contribution in [0.5, 0.6) is 0 Å². The van der Waals surface area contributed by atoms with E-state index >= 15 is 0 Å². The number of ether oxygens (including phenoxy) is 1. The Bertz CT molecular complexity index is 320. The Morgan fingerprint density at radius 1 is 1.41 bits per heavy atom. The van der Waals surface area contributed by atoms with E-state index in [1.54, 1.807) is 6.92 Å². The van der Waals surface area contributed by atoms with Crippen LogP contribution in [0.2, 0.25) is 0 Å². The van der Waals surface area contributed by atoms with Gasteiger partial charge in [-0.3, -0.25) is 0 Å². The van der Waals surface area contributed by atoms with E-state index in [0.29, 0.717) is 32.5 Å². The molecule has 0 amide bonds. The fourth-order valence-electron chi connectivity index (χ4n) is 1.99. The predicted octanol–water partition coefficient (Wildman–Crippen LogP) is 0.636. The van der Waals surface area contributed by atoms with E-state index in [9.17, 15) is 13.5 Å². The molecule has 6 heteroatoms. The maximum Gasteiger partial charge on any atom is 0.214 e. The van der Waals surface area contributed by atoms with Crippen LogP contribution in [0.4, 0.5) is 0 Å². The molecule has 1 heterocycles. The Kier molecular flexibility index (Phi) is 5.37. The number of hydrogen-bond donors (Lipinski definition) is 2. The molecule has 1 atom stereocenters. The van der Waals surface area contributed by atoms with Gasteiger partial charge in [-0.2, -0.15) is 0 Å². The molecule has 0 aromatic rings. The monoisotopic (exact) mass is 265 g/mol. The van der Waals surface area contributed by atoms with Gasteiger partial charge in [-0.1, -0.05) is 13.3 Å². The molecular weight excluding hydrogens is 242 g/mol. The minimum absolute atomic E-state index is 0.0839. The lowest BCUT2D eigenvalue weighted by molar-refractivity contribution is 0.0551. The molecule has 0 aromatic carbocycles. The fourth-order valence-corrected chi connectivity index (χ4v) is 3.55. The quantitative estimate of drug-likeness (QED) is 0.739. The van der Waals surface area contributed by atoms with Crippen LogP contribution < -0.4 is 4.72 Å². The van der Waals surface area contributed by atoms with Gasteiger partial charge in [-0.05, 0) is 26.2 Å². The van der Waals surface area contributed by atoms with E-state index in [1.807, 2.05) is 6.92 Å². The van der Waals surface area contributed by atoms with Crippen molar-refractivity contribution in [3.05, 3.63) is 0 Å². The summed E-state index contributed by atoms with van der Waals surface area (Å²) in [7, 11) is -3.32. The van der Waals surface area contributed by atoms with Crippen LogP contribution in [0.1, 0.15) is 39.5 Å². The maximum absolute atomic E-state index is 12.0. The number of sulfonamides is 1. The summed E-state index contributed by atoms with van der Waals surface area (Å²) in [5, 5.41) is 9.54. The third-order valence-electron chi connectivity index (χ3n) is 3.05. The van der Waals surface area contributed by atoms with Crippen molar-refractivity contribution in [1.82, 2.24) is 4.72 Å². The van der Waals surface area contributed by atoms with Gasteiger partial charge in [0.25, 0.3) is 0 Å². The van der Waals surface area contributed by atoms with Gasteiger partial charge in [-0.25, -0.2) is 13.1 Å². The van der Waals surface area contributed by atoms with Crippen molar-refractivity contribution in [3.8, 4) is 0 Å². The summed E-state index contributed by atoms with van der Waals surface area (Å²) in [5.41, 5.74) is -0.965. The van der Waals surface area contributed by atoms with Crippen molar-refractivity contribution in [2.24, 2.45) is 0 Å². The highest BCUT2D eigenvalue weighted by Crippen LogP contribution is 2.16. The van der Waals surface area contributed by atoms with Crippen molar-refractivity contribution in [1.29, 1.82) is 0 Å². The zero-order valence-electron chi connectivity index (χ0n) is 10.6. The number of nitrogens with one attached hydrogen (secondary N) is 1.